The highest BCUT2D eigenvalue weighted by atomic mass is 16.5. The van der Waals surface area contributed by atoms with Gasteiger partial charge in [0.05, 0.1) is 13.2 Å². The van der Waals surface area contributed by atoms with Gasteiger partial charge in [0.25, 0.3) is 0 Å². The van der Waals surface area contributed by atoms with E-state index in [1.807, 2.05) is 57.0 Å². The molecular formula is C15H24N2O2. The Hall–Kier alpha value is -1.55. The predicted octanol–water partition coefficient (Wildman–Crippen LogP) is 2.04. The van der Waals surface area contributed by atoms with Crippen LogP contribution < -0.4 is 10.1 Å². The first-order valence-electron chi connectivity index (χ1n) is 6.57. The zero-order chi connectivity index (χ0) is 14.4. The van der Waals surface area contributed by atoms with Gasteiger partial charge in [-0.05, 0) is 45.5 Å². The van der Waals surface area contributed by atoms with Crippen molar-refractivity contribution in [3.8, 4) is 5.75 Å². The molecule has 1 rings (SSSR count). The van der Waals surface area contributed by atoms with Gasteiger partial charge >= 0.3 is 0 Å². The average molecular weight is 264 g/mol. The maximum atomic E-state index is 11.9. The van der Waals surface area contributed by atoms with Crippen LogP contribution in [0.15, 0.2) is 24.3 Å². The molecule has 0 unspecified atom stereocenters. The molecule has 0 aliphatic heterocycles. The van der Waals surface area contributed by atoms with Crippen LogP contribution in [0.5, 0.6) is 5.75 Å². The Morgan fingerprint density at radius 2 is 1.84 bits per heavy atom. The molecule has 1 aromatic rings. The minimum atomic E-state index is -0.149. The standard InChI is InChI=1S/C15H24N2O2/c1-11(2)16-15(18)12(3)17(4)10-13-6-8-14(19-5)9-7-13/h6-9,11-12H,10H2,1-5H3,(H,16,18)/t12-/m1/s1. The number of hydrogen-bond donors (Lipinski definition) is 1. The summed E-state index contributed by atoms with van der Waals surface area (Å²) in [5.41, 5.74) is 1.16. The van der Waals surface area contributed by atoms with Crippen LogP contribution in [0.4, 0.5) is 0 Å². The zero-order valence-corrected chi connectivity index (χ0v) is 12.4. The van der Waals surface area contributed by atoms with Gasteiger partial charge in [0.15, 0.2) is 0 Å². The number of nitrogens with zero attached hydrogens (tertiary/aromatic N) is 1. The monoisotopic (exact) mass is 264 g/mol. The SMILES string of the molecule is COc1ccc(CN(C)[C@H](C)C(=O)NC(C)C)cc1. The van der Waals surface area contributed by atoms with E-state index in [1.165, 1.54) is 0 Å². The second kappa shape index (κ2) is 7.14. The average Bonchev–Trinajstić information content (AvgIpc) is 2.37. The first-order chi connectivity index (χ1) is 8.93. The second-order valence-corrected chi connectivity index (χ2v) is 5.10. The zero-order valence-electron chi connectivity index (χ0n) is 12.4. The summed E-state index contributed by atoms with van der Waals surface area (Å²) in [6, 6.07) is 7.92. The van der Waals surface area contributed by atoms with E-state index in [2.05, 4.69) is 5.32 Å². The van der Waals surface area contributed by atoms with Crippen molar-refractivity contribution in [2.24, 2.45) is 0 Å². The number of carbonyl (C=O) groups is 1. The molecule has 1 amide bonds. The quantitative estimate of drug-likeness (QED) is 0.855. The Kier molecular flexibility index (Phi) is 5.83. The fraction of sp³-hybridized carbons (Fsp3) is 0.533. The van der Waals surface area contributed by atoms with E-state index in [-0.39, 0.29) is 18.0 Å². The highest BCUT2D eigenvalue weighted by Crippen LogP contribution is 2.13. The fourth-order valence-electron chi connectivity index (χ4n) is 1.76. The van der Waals surface area contributed by atoms with Gasteiger partial charge in [-0.25, -0.2) is 0 Å². The van der Waals surface area contributed by atoms with Crippen LogP contribution in [0.25, 0.3) is 0 Å². The van der Waals surface area contributed by atoms with Gasteiger partial charge in [0.2, 0.25) is 5.91 Å². The van der Waals surface area contributed by atoms with Crippen molar-refractivity contribution in [3.63, 3.8) is 0 Å². The lowest BCUT2D eigenvalue weighted by molar-refractivity contribution is -0.126. The third-order valence-electron chi connectivity index (χ3n) is 3.06. The Labute approximate surface area is 115 Å². The molecule has 106 valence electrons. The number of rotatable bonds is 6. The van der Waals surface area contributed by atoms with Crippen LogP contribution in [-0.4, -0.2) is 37.0 Å². The van der Waals surface area contributed by atoms with Gasteiger partial charge in [0.1, 0.15) is 5.75 Å². The summed E-state index contributed by atoms with van der Waals surface area (Å²) in [6.07, 6.45) is 0. The van der Waals surface area contributed by atoms with Crippen LogP contribution in [0.2, 0.25) is 0 Å². The molecule has 4 nitrogen and oxygen atoms in total. The van der Waals surface area contributed by atoms with Crippen LogP contribution in [0, 0.1) is 0 Å². The minimum absolute atomic E-state index is 0.0611. The Bertz CT molecular complexity index is 401. The van der Waals surface area contributed by atoms with E-state index >= 15 is 0 Å². The van der Waals surface area contributed by atoms with Crippen molar-refractivity contribution in [1.82, 2.24) is 10.2 Å². The van der Waals surface area contributed by atoms with E-state index in [4.69, 9.17) is 4.74 Å². The number of hydrogen-bond acceptors (Lipinski definition) is 3. The highest BCUT2D eigenvalue weighted by Gasteiger charge is 2.18. The van der Waals surface area contributed by atoms with E-state index < -0.39 is 0 Å². The molecular weight excluding hydrogens is 240 g/mol. The summed E-state index contributed by atoms with van der Waals surface area (Å²) in [5, 5.41) is 2.93. The van der Waals surface area contributed by atoms with Gasteiger partial charge in [0, 0.05) is 12.6 Å². The summed E-state index contributed by atoms with van der Waals surface area (Å²) >= 11 is 0. The number of likely N-dealkylation sites (N-methyl/N-ethyl adjacent to an activating group) is 1. The molecule has 4 heteroatoms. The van der Waals surface area contributed by atoms with E-state index in [0.717, 1.165) is 17.9 Å². The van der Waals surface area contributed by atoms with E-state index in [9.17, 15) is 4.79 Å². The molecule has 19 heavy (non-hydrogen) atoms. The number of benzene rings is 1. The summed E-state index contributed by atoms with van der Waals surface area (Å²) in [5.74, 6) is 0.906. The maximum absolute atomic E-state index is 11.9. The number of ether oxygens (including phenoxy) is 1. The first kappa shape index (κ1) is 15.5. The molecule has 0 heterocycles. The summed E-state index contributed by atoms with van der Waals surface area (Å²) in [6.45, 7) is 6.58. The lowest BCUT2D eigenvalue weighted by Gasteiger charge is -2.24. The number of methoxy groups -OCH3 is 1. The van der Waals surface area contributed by atoms with Crippen LogP contribution >= 0.6 is 0 Å². The molecule has 0 saturated carbocycles. The van der Waals surface area contributed by atoms with Gasteiger partial charge in [-0.1, -0.05) is 12.1 Å². The summed E-state index contributed by atoms with van der Waals surface area (Å²) in [7, 11) is 3.61. The fourth-order valence-corrected chi connectivity index (χ4v) is 1.76. The molecule has 1 atom stereocenters. The van der Waals surface area contributed by atoms with E-state index in [1.54, 1.807) is 7.11 Å². The summed E-state index contributed by atoms with van der Waals surface area (Å²) in [4.78, 5) is 13.9. The van der Waals surface area contributed by atoms with Gasteiger partial charge < -0.3 is 10.1 Å². The third-order valence-corrected chi connectivity index (χ3v) is 3.06. The third kappa shape index (κ3) is 4.91. The maximum Gasteiger partial charge on any atom is 0.237 e. The molecule has 0 aliphatic carbocycles. The van der Waals surface area contributed by atoms with Crippen molar-refractivity contribution >= 4 is 5.91 Å². The van der Waals surface area contributed by atoms with Crippen molar-refractivity contribution in [2.45, 2.75) is 39.4 Å². The predicted molar refractivity (Wildman–Crippen MR) is 77.2 cm³/mol. The van der Waals surface area contributed by atoms with Crippen molar-refractivity contribution in [2.75, 3.05) is 14.2 Å². The molecule has 0 aromatic heterocycles. The molecule has 1 N–H and O–H groups in total. The van der Waals surface area contributed by atoms with Gasteiger partial charge in [-0.2, -0.15) is 0 Å². The Morgan fingerprint density at radius 3 is 2.32 bits per heavy atom. The molecule has 0 fully saturated rings. The molecule has 0 aliphatic rings. The Morgan fingerprint density at radius 1 is 1.26 bits per heavy atom. The van der Waals surface area contributed by atoms with Gasteiger partial charge in [-0.15, -0.1) is 0 Å². The largest absolute Gasteiger partial charge is 0.497 e. The van der Waals surface area contributed by atoms with Crippen LogP contribution in [-0.2, 0) is 11.3 Å². The lowest BCUT2D eigenvalue weighted by Crippen LogP contribution is -2.45. The van der Waals surface area contributed by atoms with Crippen molar-refractivity contribution in [1.29, 1.82) is 0 Å². The normalized spacial score (nSPS) is 12.6. The smallest absolute Gasteiger partial charge is 0.237 e. The molecule has 0 spiro atoms. The summed E-state index contributed by atoms with van der Waals surface area (Å²) < 4.78 is 5.13. The van der Waals surface area contributed by atoms with Crippen molar-refractivity contribution in [3.05, 3.63) is 29.8 Å². The second-order valence-electron chi connectivity index (χ2n) is 5.10. The minimum Gasteiger partial charge on any atom is -0.497 e. The highest BCUT2D eigenvalue weighted by molar-refractivity contribution is 5.81. The first-order valence-corrected chi connectivity index (χ1v) is 6.57. The number of nitrogens with one attached hydrogen (secondary N) is 1. The molecule has 0 saturated heterocycles. The van der Waals surface area contributed by atoms with E-state index in [0.29, 0.717) is 0 Å². The lowest BCUT2D eigenvalue weighted by atomic mass is 10.1. The number of amides is 1. The molecule has 0 bridgehead atoms. The van der Waals surface area contributed by atoms with Crippen molar-refractivity contribution < 1.29 is 9.53 Å². The number of carbonyl (C=O) groups excluding carboxylic acids is 1. The molecule has 0 radical (unpaired) electrons. The van der Waals surface area contributed by atoms with Crippen LogP contribution in [0.3, 0.4) is 0 Å². The van der Waals surface area contributed by atoms with Crippen LogP contribution in [0.1, 0.15) is 26.3 Å². The Balaban J connectivity index is 2.57. The topological polar surface area (TPSA) is 41.6 Å². The molecule has 1 aromatic carbocycles. The van der Waals surface area contributed by atoms with Gasteiger partial charge in [-0.3, -0.25) is 9.69 Å².